The van der Waals surface area contributed by atoms with Gasteiger partial charge in [0.15, 0.2) is 5.82 Å². The van der Waals surface area contributed by atoms with Crippen LogP contribution in [0.4, 0.5) is 19.0 Å². The van der Waals surface area contributed by atoms with Gasteiger partial charge in [-0.3, -0.25) is 9.48 Å². The number of halogens is 3. The van der Waals surface area contributed by atoms with Gasteiger partial charge in [0, 0.05) is 11.5 Å². The van der Waals surface area contributed by atoms with Crippen molar-refractivity contribution in [2.45, 2.75) is 39.2 Å². The fourth-order valence-corrected chi connectivity index (χ4v) is 2.51. The van der Waals surface area contributed by atoms with Crippen molar-refractivity contribution in [2.75, 3.05) is 5.32 Å². The number of alkyl halides is 3. The summed E-state index contributed by atoms with van der Waals surface area (Å²) in [6.07, 6.45) is -1.97. The minimum Gasteiger partial charge on any atom is -0.491 e. The van der Waals surface area contributed by atoms with E-state index in [0.29, 0.717) is 11.1 Å². The van der Waals surface area contributed by atoms with Crippen LogP contribution < -0.4 is 10.1 Å². The van der Waals surface area contributed by atoms with Crippen LogP contribution in [0, 0.1) is 0 Å². The van der Waals surface area contributed by atoms with Crippen LogP contribution in [0.25, 0.3) is 10.9 Å². The molecule has 1 amide bonds. The molecule has 0 spiro atoms. The molecule has 0 radical (unpaired) electrons. The molecule has 0 saturated carbocycles. The van der Waals surface area contributed by atoms with Crippen LogP contribution in [0.15, 0.2) is 30.9 Å². The van der Waals surface area contributed by atoms with Crippen LogP contribution in [0.2, 0.25) is 0 Å². The monoisotopic (exact) mass is 382 g/mol. The van der Waals surface area contributed by atoms with E-state index in [1.54, 1.807) is 12.1 Å². The first kappa shape index (κ1) is 18.7. The van der Waals surface area contributed by atoms with Gasteiger partial charge in [-0.2, -0.15) is 23.4 Å². The lowest BCUT2D eigenvalue weighted by Gasteiger charge is -2.11. The Hall–Kier alpha value is -3.11. The molecule has 0 bridgehead atoms. The Labute approximate surface area is 151 Å². The third-order valence-corrected chi connectivity index (χ3v) is 3.45. The minimum atomic E-state index is -4.46. The predicted octanol–water partition coefficient (Wildman–Crippen LogP) is 2.62. The maximum absolute atomic E-state index is 12.9. The molecule has 0 unspecified atom stereocenters. The van der Waals surface area contributed by atoms with Gasteiger partial charge in [-0.15, -0.1) is 0 Å². The third-order valence-electron chi connectivity index (χ3n) is 3.45. The van der Waals surface area contributed by atoms with Crippen LogP contribution in [-0.4, -0.2) is 42.7 Å². The highest BCUT2D eigenvalue weighted by Crippen LogP contribution is 2.30. The smallest absolute Gasteiger partial charge is 0.408 e. The number of rotatable bonds is 6. The normalized spacial score (nSPS) is 11.9. The molecule has 144 valence electrons. The van der Waals surface area contributed by atoms with E-state index in [9.17, 15) is 18.0 Å². The Bertz CT molecular complexity index is 934. The summed E-state index contributed by atoms with van der Waals surface area (Å²) in [5, 5.41) is 10.6. The van der Waals surface area contributed by atoms with Crippen molar-refractivity contribution in [3.8, 4) is 5.75 Å². The lowest BCUT2D eigenvalue weighted by atomic mass is 10.2. The number of amides is 1. The van der Waals surface area contributed by atoms with Gasteiger partial charge in [-0.05, 0) is 26.0 Å². The van der Waals surface area contributed by atoms with Crippen molar-refractivity contribution >= 4 is 22.6 Å². The SMILES string of the molecule is CC(C)Oc1ccc2c(NC(=O)Cn3cncn3)nn(CC(F)(F)F)c2c1. The molecule has 0 aliphatic rings. The van der Waals surface area contributed by atoms with Crippen LogP contribution in [0.3, 0.4) is 0 Å². The quantitative estimate of drug-likeness (QED) is 0.708. The first-order chi connectivity index (χ1) is 12.7. The number of benzene rings is 1. The molecule has 3 aromatic rings. The molecule has 0 aliphatic heterocycles. The number of ether oxygens (including phenoxy) is 1. The molecule has 8 nitrogen and oxygen atoms in total. The number of anilines is 1. The summed E-state index contributed by atoms with van der Waals surface area (Å²) in [7, 11) is 0. The van der Waals surface area contributed by atoms with Gasteiger partial charge in [0.25, 0.3) is 0 Å². The maximum Gasteiger partial charge on any atom is 0.408 e. The van der Waals surface area contributed by atoms with Gasteiger partial charge in [0.05, 0.1) is 11.6 Å². The standard InChI is InChI=1S/C16H17F3N6O2/c1-10(2)27-11-3-4-12-13(5-11)25(7-16(17,18)19)23-15(12)22-14(26)6-24-9-20-8-21-24/h3-5,8-10H,6-7H2,1-2H3,(H,22,23,26). The number of carbonyl (C=O) groups is 1. The molecule has 2 aromatic heterocycles. The molecule has 0 fully saturated rings. The van der Waals surface area contributed by atoms with E-state index < -0.39 is 18.6 Å². The largest absolute Gasteiger partial charge is 0.491 e. The van der Waals surface area contributed by atoms with Gasteiger partial charge in [-0.25, -0.2) is 9.67 Å². The Morgan fingerprint density at radius 3 is 2.74 bits per heavy atom. The number of aromatic nitrogens is 5. The van der Waals surface area contributed by atoms with E-state index in [1.807, 2.05) is 13.8 Å². The Morgan fingerprint density at radius 1 is 1.33 bits per heavy atom. The zero-order valence-corrected chi connectivity index (χ0v) is 14.6. The molecular formula is C16H17F3N6O2. The fourth-order valence-electron chi connectivity index (χ4n) is 2.51. The Morgan fingerprint density at radius 2 is 2.11 bits per heavy atom. The second kappa shape index (κ2) is 7.25. The van der Waals surface area contributed by atoms with Gasteiger partial charge in [-0.1, -0.05) is 0 Å². The van der Waals surface area contributed by atoms with Crippen molar-refractivity contribution in [1.29, 1.82) is 0 Å². The summed E-state index contributed by atoms with van der Waals surface area (Å²) in [4.78, 5) is 15.9. The summed E-state index contributed by atoms with van der Waals surface area (Å²) in [5.41, 5.74) is 0.210. The van der Waals surface area contributed by atoms with Crippen LogP contribution in [0.1, 0.15) is 13.8 Å². The zero-order valence-electron chi connectivity index (χ0n) is 14.6. The summed E-state index contributed by atoms with van der Waals surface area (Å²) in [6, 6.07) is 4.66. The topological polar surface area (TPSA) is 86.9 Å². The van der Waals surface area contributed by atoms with Gasteiger partial charge in [0.2, 0.25) is 5.91 Å². The van der Waals surface area contributed by atoms with Gasteiger partial charge >= 0.3 is 6.18 Å². The van der Waals surface area contributed by atoms with E-state index >= 15 is 0 Å². The molecule has 0 atom stereocenters. The van der Waals surface area contributed by atoms with Gasteiger partial charge < -0.3 is 10.1 Å². The zero-order chi connectivity index (χ0) is 19.6. The highest BCUT2D eigenvalue weighted by Gasteiger charge is 2.30. The number of hydrogen-bond acceptors (Lipinski definition) is 5. The van der Waals surface area contributed by atoms with E-state index in [4.69, 9.17) is 4.74 Å². The second-order valence-corrected chi connectivity index (χ2v) is 6.11. The Kier molecular flexibility index (Phi) is 5.02. The van der Waals surface area contributed by atoms with Crippen molar-refractivity contribution in [3.63, 3.8) is 0 Å². The van der Waals surface area contributed by atoms with Crippen LogP contribution in [0.5, 0.6) is 5.75 Å². The van der Waals surface area contributed by atoms with E-state index in [1.165, 1.54) is 23.4 Å². The maximum atomic E-state index is 12.9. The molecule has 3 rings (SSSR count). The van der Waals surface area contributed by atoms with Crippen molar-refractivity contribution < 1.29 is 22.7 Å². The average Bonchev–Trinajstić information content (AvgIpc) is 3.14. The number of carbonyl (C=O) groups excluding carboxylic acids is 1. The first-order valence-electron chi connectivity index (χ1n) is 8.07. The summed E-state index contributed by atoms with van der Waals surface area (Å²) >= 11 is 0. The number of fused-ring (bicyclic) bond motifs is 1. The van der Waals surface area contributed by atoms with Crippen LogP contribution >= 0.6 is 0 Å². The highest BCUT2D eigenvalue weighted by molar-refractivity contribution is 6.00. The summed E-state index contributed by atoms with van der Waals surface area (Å²) in [6.45, 7) is 2.20. The molecule has 0 aliphatic carbocycles. The van der Waals surface area contributed by atoms with Crippen molar-refractivity contribution in [1.82, 2.24) is 24.5 Å². The van der Waals surface area contributed by atoms with Crippen LogP contribution in [-0.2, 0) is 17.9 Å². The highest BCUT2D eigenvalue weighted by atomic mass is 19.4. The number of nitrogens with one attached hydrogen (secondary N) is 1. The summed E-state index contributed by atoms with van der Waals surface area (Å²) in [5.74, 6) is -0.0293. The van der Waals surface area contributed by atoms with Gasteiger partial charge in [0.1, 0.15) is 31.5 Å². The Balaban J connectivity index is 1.93. The molecule has 11 heteroatoms. The first-order valence-corrected chi connectivity index (χ1v) is 8.07. The van der Waals surface area contributed by atoms with E-state index in [-0.39, 0.29) is 24.0 Å². The average molecular weight is 382 g/mol. The molecule has 2 heterocycles. The second-order valence-electron chi connectivity index (χ2n) is 6.11. The number of hydrogen-bond donors (Lipinski definition) is 1. The van der Waals surface area contributed by atoms with Crippen molar-refractivity contribution in [2.24, 2.45) is 0 Å². The minimum absolute atomic E-state index is 0.0375. The van der Waals surface area contributed by atoms with E-state index in [2.05, 4.69) is 20.5 Å². The summed E-state index contributed by atoms with van der Waals surface area (Å²) < 4.78 is 46.3. The predicted molar refractivity (Wildman–Crippen MR) is 90.2 cm³/mol. The molecular weight excluding hydrogens is 365 g/mol. The molecule has 27 heavy (non-hydrogen) atoms. The molecule has 1 N–H and O–H groups in total. The lowest BCUT2D eigenvalue weighted by molar-refractivity contribution is -0.141. The number of nitrogens with zero attached hydrogens (tertiary/aromatic N) is 5. The van der Waals surface area contributed by atoms with E-state index in [0.717, 1.165) is 4.68 Å². The molecule has 1 aromatic carbocycles. The molecule has 0 saturated heterocycles. The van der Waals surface area contributed by atoms with Crippen molar-refractivity contribution in [3.05, 3.63) is 30.9 Å². The lowest BCUT2D eigenvalue weighted by Crippen LogP contribution is -2.21. The fraction of sp³-hybridized carbons (Fsp3) is 0.375. The third kappa shape index (κ3) is 4.74.